The second-order valence-electron chi connectivity index (χ2n) is 3.57. The number of ether oxygens (including phenoxy) is 1. The molecule has 0 bridgehead atoms. The molecule has 4 heteroatoms. The molecule has 0 fully saturated rings. The van der Waals surface area contributed by atoms with Gasteiger partial charge in [0.2, 0.25) is 0 Å². The zero-order valence-electron chi connectivity index (χ0n) is 9.90. The summed E-state index contributed by atoms with van der Waals surface area (Å²) in [6.07, 6.45) is 8.07. The lowest BCUT2D eigenvalue weighted by atomic mass is 10.4. The first-order valence-corrected chi connectivity index (χ1v) is 6.21. The number of likely N-dealkylation sites (N-methyl/N-ethyl adjacent to an activating group) is 1. The summed E-state index contributed by atoms with van der Waals surface area (Å²) in [5, 5.41) is 1.20. The molecule has 1 aromatic rings. The Hall–Kier alpha value is -0.890. The molecule has 88 valence electrons. The fraction of sp³-hybridized carbons (Fsp3) is 0.583. The average Bonchev–Trinajstić information content (AvgIpc) is 2.72. The predicted molar refractivity (Wildman–Crippen MR) is 67.5 cm³/mol. The maximum atomic E-state index is 5.23. The number of rotatable bonds is 7. The lowest BCUT2D eigenvalue weighted by Crippen LogP contribution is -2.22. The van der Waals surface area contributed by atoms with Crippen molar-refractivity contribution in [3.63, 3.8) is 0 Å². The Morgan fingerprint density at radius 2 is 2.44 bits per heavy atom. The van der Waals surface area contributed by atoms with E-state index in [1.54, 1.807) is 11.3 Å². The fourth-order valence-electron chi connectivity index (χ4n) is 1.28. The molecule has 0 aliphatic heterocycles. The van der Waals surface area contributed by atoms with Crippen molar-refractivity contribution >= 4 is 11.3 Å². The lowest BCUT2D eigenvalue weighted by molar-refractivity contribution is 0.136. The van der Waals surface area contributed by atoms with Crippen LogP contribution < -0.4 is 0 Å². The minimum atomic E-state index is 0.397. The summed E-state index contributed by atoms with van der Waals surface area (Å²) in [7, 11) is 2.07. The van der Waals surface area contributed by atoms with Gasteiger partial charge in [0.05, 0.1) is 11.6 Å². The summed E-state index contributed by atoms with van der Waals surface area (Å²) in [6, 6.07) is 0. The van der Waals surface area contributed by atoms with E-state index in [1.165, 1.54) is 9.88 Å². The Morgan fingerprint density at radius 3 is 3.06 bits per heavy atom. The van der Waals surface area contributed by atoms with Gasteiger partial charge in [0.15, 0.2) is 0 Å². The largest absolute Gasteiger partial charge is 0.367 e. The second-order valence-corrected chi connectivity index (χ2v) is 4.77. The third-order valence-corrected chi connectivity index (χ3v) is 3.26. The van der Waals surface area contributed by atoms with Crippen LogP contribution >= 0.6 is 11.3 Å². The van der Waals surface area contributed by atoms with Gasteiger partial charge >= 0.3 is 0 Å². The number of hydrogen-bond acceptors (Lipinski definition) is 4. The van der Waals surface area contributed by atoms with Crippen molar-refractivity contribution in [3.8, 4) is 12.3 Å². The van der Waals surface area contributed by atoms with Gasteiger partial charge in [-0.2, -0.15) is 0 Å². The minimum absolute atomic E-state index is 0.397. The Kier molecular flexibility index (Phi) is 6.09. The molecule has 1 heterocycles. The van der Waals surface area contributed by atoms with E-state index >= 15 is 0 Å². The molecular weight excluding hydrogens is 220 g/mol. The summed E-state index contributed by atoms with van der Waals surface area (Å²) < 4.78 is 5.23. The van der Waals surface area contributed by atoms with Crippen LogP contribution in [0.4, 0.5) is 0 Å². The van der Waals surface area contributed by atoms with Crippen LogP contribution in [0.5, 0.6) is 0 Å². The molecule has 0 amide bonds. The van der Waals surface area contributed by atoms with Crippen molar-refractivity contribution in [2.75, 3.05) is 26.8 Å². The number of aromatic nitrogens is 1. The Labute approximate surface area is 101 Å². The quantitative estimate of drug-likeness (QED) is 0.535. The summed E-state index contributed by atoms with van der Waals surface area (Å²) in [5.41, 5.74) is 0. The van der Waals surface area contributed by atoms with Gasteiger partial charge in [0, 0.05) is 24.2 Å². The van der Waals surface area contributed by atoms with Gasteiger partial charge in [-0.15, -0.1) is 17.8 Å². The van der Waals surface area contributed by atoms with Crippen molar-refractivity contribution in [1.82, 2.24) is 9.88 Å². The number of hydrogen-bond donors (Lipinski definition) is 0. The molecule has 0 aliphatic carbocycles. The molecule has 16 heavy (non-hydrogen) atoms. The second kappa shape index (κ2) is 7.39. The van der Waals surface area contributed by atoms with E-state index in [1.807, 2.05) is 6.20 Å². The summed E-state index contributed by atoms with van der Waals surface area (Å²) >= 11 is 1.78. The molecule has 3 nitrogen and oxygen atoms in total. The topological polar surface area (TPSA) is 25.4 Å². The van der Waals surface area contributed by atoms with Crippen molar-refractivity contribution in [1.29, 1.82) is 0 Å². The maximum absolute atomic E-state index is 5.23. The van der Waals surface area contributed by atoms with E-state index in [4.69, 9.17) is 11.2 Å². The summed E-state index contributed by atoms with van der Waals surface area (Å²) in [4.78, 5) is 7.85. The molecule has 0 unspecified atom stereocenters. The van der Waals surface area contributed by atoms with Gasteiger partial charge in [-0.1, -0.05) is 12.8 Å². The monoisotopic (exact) mass is 238 g/mol. The average molecular weight is 238 g/mol. The zero-order valence-corrected chi connectivity index (χ0v) is 10.7. The molecule has 0 spiro atoms. The molecule has 1 rings (SSSR count). The van der Waals surface area contributed by atoms with Crippen molar-refractivity contribution in [3.05, 3.63) is 16.1 Å². The van der Waals surface area contributed by atoms with Crippen LogP contribution in [0.3, 0.4) is 0 Å². The van der Waals surface area contributed by atoms with E-state index < -0.39 is 0 Å². The fourth-order valence-corrected chi connectivity index (χ4v) is 2.22. The van der Waals surface area contributed by atoms with E-state index in [0.29, 0.717) is 13.2 Å². The normalized spacial score (nSPS) is 10.6. The van der Waals surface area contributed by atoms with Gasteiger partial charge in [-0.3, -0.25) is 4.90 Å². The van der Waals surface area contributed by atoms with Crippen molar-refractivity contribution < 1.29 is 4.74 Å². The smallest absolute Gasteiger partial charge is 0.107 e. The number of thiazole rings is 1. The highest BCUT2D eigenvalue weighted by Crippen LogP contribution is 2.14. The lowest BCUT2D eigenvalue weighted by Gasteiger charge is -2.14. The van der Waals surface area contributed by atoms with Crippen LogP contribution in [0, 0.1) is 12.3 Å². The first kappa shape index (κ1) is 13.2. The van der Waals surface area contributed by atoms with Crippen LogP contribution in [-0.2, 0) is 17.7 Å². The Morgan fingerprint density at radius 1 is 1.62 bits per heavy atom. The van der Waals surface area contributed by atoms with Crippen LogP contribution in [0.1, 0.15) is 16.8 Å². The maximum Gasteiger partial charge on any atom is 0.107 e. The van der Waals surface area contributed by atoms with Gasteiger partial charge < -0.3 is 4.74 Å². The third-order valence-electron chi connectivity index (χ3n) is 2.13. The van der Waals surface area contributed by atoms with Crippen LogP contribution in [0.2, 0.25) is 0 Å². The molecule has 0 saturated carbocycles. The molecule has 0 N–H and O–H groups in total. The van der Waals surface area contributed by atoms with E-state index in [-0.39, 0.29) is 0 Å². The van der Waals surface area contributed by atoms with E-state index in [2.05, 4.69) is 29.8 Å². The first-order chi connectivity index (χ1) is 7.76. The van der Waals surface area contributed by atoms with Crippen LogP contribution in [0.25, 0.3) is 0 Å². The van der Waals surface area contributed by atoms with E-state index in [0.717, 1.165) is 19.5 Å². The molecular formula is C12H18N2OS. The zero-order chi connectivity index (χ0) is 11.8. The van der Waals surface area contributed by atoms with Crippen LogP contribution in [0.15, 0.2) is 6.20 Å². The van der Waals surface area contributed by atoms with E-state index in [9.17, 15) is 0 Å². The molecule has 0 atom stereocenters. The van der Waals surface area contributed by atoms with Gasteiger partial charge in [-0.05, 0) is 13.5 Å². The van der Waals surface area contributed by atoms with Gasteiger partial charge in [0.1, 0.15) is 6.61 Å². The third kappa shape index (κ3) is 4.75. The molecule has 0 aromatic carbocycles. The molecule has 0 radical (unpaired) electrons. The Bertz CT molecular complexity index is 343. The number of aryl methyl sites for hydroxylation is 1. The molecule has 0 saturated heterocycles. The molecule has 0 aliphatic rings. The predicted octanol–water partition coefficient (Wildman–Crippen LogP) is 1.79. The number of terminal acetylenes is 1. The highest BCUT2D eigenvalue weighted by atomic mass is 32.1. The summed E-state index contributed by atoms with van der Waals surface area (Å²) in [6.45, 7) is 5.02. The Balaban J connectivity index is 2.23. The SMILES string of the molecule is C#CCOCCN(C)Cc1cnc(CC)s1. The first-order valence-electron chi connectivity index (χ1n) is 5.39. The molecule has 1 aromatic heterocycles. The summed E-state index contributed by atoms with van der Waals surface area (Å²) in [5.74, 6) is 2.45. The van der Waals surface area contributed by atoms with Gasteiger partial charge in [-0.25, -0.2) is 4.98 Å². The standard InChI is InChI=1S/C12H18N2OS/c1-4-7-15-8-6-14(3)10-11-9-13-12(5-2)16-11/h1,9H,5-8,10H2,2-3H3. The van der Waals surface area contributed by atoms with Crippen LogP contribution in [-0.4, -0.2) is 36.7 Å². The van der Waals surface area contributed by atoms with Crippen molar-refractivity contribution in [2.24, 2.45) is 0 Å². The highest BCUT2D eigenvalue weighted by molar-refractivity contribution is 7.11. The number of nitrogens with zero attached hydrogens (tertiary/aromatic N) is 2. The minimum Gasteiger partial charge on any atom is -0.367 e. The van der Waals surface area contributed by atoms with Crippen molar-refractivity contribution in [2.45, 2.75) is 19.9 Å². The van der Waals surface area contributed by atoms with Gasteiger partial charge in [0.25, 0.3) is 0 Å². The highest BCUT2D eigenvalue weighted by Gasteiger charge is 2.04.